The summed E-state index contributed by atoms with van der Waals surface area (Å²) < 4.78 is 5.64. The van der Waals surface area contributed by atoms with Gasteiger partial charge in [0.05, 0.1) is 6.04 Å². The average molecular weight is 285 g/mol. The van der Waals surface area contributed by atoms with E-state index in [1.54, 1.807) is 19.3 Å². The average Bonchev–Trinajstić information content (AvgIpc) is 2.79. The van der Waals surface area contributed by atoms with E-state index >= 15 is 0 Å². The van der Waals surface area contributed by atoms with Gasteiger partial charge in [-0.2, -0.15) is 0 Å². The zero-order valence-corrected chi connectivity index (χ0v) is 12.3. The Hall–Kier alpha value is -2.17. The lowest BCUT2D eigenvalue weighted by Crippen LogP contribution is -2.27. The van der Waals surface area contributed by atoms with Crippen LogP contribution in [0, 0.1) is 6.92 Å². The standard InChI is InChI=1S/C16H19N3O2/c1-10(13-7-4-8-17-9-13)18-15(20)14-11(2)21-16(19-14)12-5-3-6-12/h4,7-10,12H,3,5-6H2,1-2H3,(H,18,20). The fraction of sp³-hybridized carbons (Fsp3) is 0.438. The number of oxazole rings is 1. The van der Waals surface area contributed by atoms with Crippen LogP contribution in [0.5, 0.6) is 0 Å². The van der Waals surface area contributed by atoms with Gasteiger partial charge in [0.15, 0.2) is 11.6 Å². The maximum absolute atomic E-state index is 12.3. The van der Waals surface area contributed by atoms with Crippen LogP contribution in [0.2, 0.25) is 0 Å². The van der Waals surface area contributed by atoms with Crippen molar-refractivity contribution in [1.29, 1.82) is 0 Å². The summed E-state index contributed by atoms with van der Waals surface area (Å²) in [6.45, 7) is 3.72. The molecule has 0 saturated heterocycles. The summed E-state index contributed by atoms with van der Waals surface area (Å²) in [7, 11) is 0. The van der Waals surface area contributed by atoms with Crippen LogP contribution < -0.4 is 5.32 Å². The molecule has 0 bridgehead atoms. The lowest BCUT2D eigenvalue weighted by molar-refractivity contribution is 0.0934. The van der Waals surface area contributed by atoms with E-state index in [4.69, 9.17) is 4.42 Å². The predicted octanol–water partition coefficient (Wildman–Crippen LogP) is 3.14. The topological polar surface area (TPSA) is 68.0 Å². The van der Waals surface area contributed by atoms with E-state index in [1.807, 2.05) is 19.1 Å². The van der Waals surface area contributed by atoms with E-state index < -0.39 is 0 Å². The van der Waals surface area contributed by atoms with Gasteiger partial charge in [-0.15, -0.1) is 0 Å². The molecule has 2 heterocycles. The highest BCUT2D eigenvalue weighted by Crippen LogP contribution is 2.36. The van der Waals surface area contributed by atoms with Crippen molar-refractivity contribution in [3.05, 3.63) is 47.4 Å². The summed E-state index contributed by atoms with van der Waals surface area (Å²) in [6.07, 6.45) is 6.89. The van der Waals surface area contributed by atoms with E-state index in [0.29, 0.717) is 23.3 Å². The molecule has 3 rings (SSSR count). The molecule has 2 aromatic heterocycles. The first-order valence-corrected chi connectivity index (χ1v) is 7.33. The number of aromatic nitrogens is 2. The van der Waals surface area contributed by atoms with Gasteiger partial charge in [0, 0.05) is 18.3 Å². The number of pyridine rings is 1. The second kappa shape index (κ2) is 5.68. The van der Waals surface area contributed by atoms with Crippen molar-refractivity contribution in [3.63, 3.8) is 0 Å². The van der Waals surface area contributed by atoms with Crippen molar-refractivity contribution >= 4 is 5.91 Å². The normalized spacial score (nSPS) is 16.3. The van der Waals surface area contributed by atoms with Gasteiger partial charge in [-0.05, 0) is 38.3 Å². The molecule has 1 unspecified atom stereocenters. The Morgan fingerprint density at radius 3 is 2.90 bits per heavy atom. The van der Waals surface area contributed by atoms with Gasteiger partial charge in [0.25, 0.3) is 5.91 Å². The Labute approximate surface area is 123 Å². The number of hydrogen-bond acceptors (Lipinski definition) is 4. The molecule has 1 atom stereocenters. The Morgan fingerprint density at radius 1 is 1.48 bits per heavy atom. The summed E-state index contributed by atoms with van der Waals surface area (Å²) in [5.41, 5.74) is 1.36. The third-order valence-corrected chi connectivity index (χ3v) is 4.01. The SMILES string of the molecule is Cc1oc(C2CCC2)nc1C(=O)NC(C)c1cccnc1. The Balaban J connectivity index is 1.71. The van der Waals surface area contributed by atoms with Gasteiger partial charge < -0.3 is 9.73 Å². The zero-order chi connectivity index (χ0) is 14.8. The minimum Gasteiger partial charge on any atom is -0.445 e. The lowest BCUT2D eigenvalue weighted by Gasteiger charge is -2.21. The molecule has 0 spiro atoms. The van der Waals surface area contributed by atoms with Crippen molar-refractivity contribution in [1.82, 2.24) is 15.3 Å². The van der Waals surface area contributed by atoms with E-state index in [1.165, 1.54) is 6.42 Å². The first kappa shape index (κ1) is 13.8. The van der Waals surface area contributed by atoms with Crippen molar-refractivity contribution in [2.45, 2.75) is 45.1 Å². The summed E-state index contributed by atoms with van der Waals surface area (Å²) in [6, 6.07) is 3.68. The summed E-state index contributed by atoms with van der Waals surface area (Å²) in [4.78, 5) is 20.8. The molecule has 5 heteroatoms. The zero-order valence-electron chi connectivity index (χ0n) is 12.3. The van der Waals surface area contributed by atoms with Crippen LogP contribution in [0.4, 0.5) is 0 Å². The van der Waals surface area contributed by atoms with E-state index in [9.17, 15) is 4.79 Å². The molecule has 21 heavy (non-hydrogen) atoms. The molecule has 2 aromatic rings. The Kier molecular flexibility index (Phi) is 3.73. The molecule has 1 saturated carbocycles. The predicted molar refractivity (Wildman–Crippen MR) is 78.0 cm³/mol. The van der Waals surface area contributed by atoms with Gasteiger partial charge in [-0.25, -0.2) is 4.98 Å². The van der Waals surface area contributed by atoms with Crippen LogP contribution in [0.15, 0.2) is 28.9 Å². The number of nitrogens with zero attached hydrogens (tertiary/aromatic N) is 2. The van der Waals surface area contributed by atoms with Crippen molar-refractivity contribution in [2.24, 2.45) is 0 Å². The third kappa shape index (κ3) is 2.82. The van der Waals surface area contributed by atoms with E-state index in [2.05, 4.69) is 15.3 Å². The van der Waals surface area contributed by atoms with Gasteiger partial charge in [-0.1, -0.05) is 12.5 Å². The highest BCUT2D eigenvalue weighted by Gasteiger charge is 2.27. The van der Waals surface area contributed by atoms with E-state index in [-0.39, 0.29) is 11.9 Å². The van der Waals surface area contributed by atoms with Crippen LogP contribution in [0.1, 0.15) is 65.8 Å². The molecule has 0 aromatic carbocycles. The molecule has 1 fully saturated rings. The highest BCUT2D eigenvalue weighted by atomic mass is 16.4. The third-order valence-electron chi connectivity index (χ3n) is 4.01. The monoisotopic (exact) mass is 285 g/mol. The summed E-state index contributed by atoms with van der Waals surface area (Å²) >= 11 is 0. The first-order chi connectivity index (χ1) is 10.1. The smallest absolute Gasteiger partial charge is 0.274 e. The molecule has 1 aliphatic carbocycles. The second-order valence-corrected chi connectivity index (χ2v) is 5.57. The molecule has 1 amide bonds. The largest absolute Gasteiger partial charge is 0.445 e. The number of carbonyl (C=O) groups is 1. The number of carbonyl (C=O) groups excluding carboxylic acids is 1. The molecule has 1 aliphatic rings. The van der Waals surface area contributed by atoms with Crippen molar-refractivity contribution < 1.29 is 9.21 Å². The van der Waals surface area contributed by atoms with Crippen LogP contribution in [-0.4, -0.2) is 15.9 Å². The molecule has 0 radical (unpaired) electrons. The molecular weight excluding hydrogens is 266 g/mol. The first-order valence-electron chi connectivity index (χ1n) is 7.33. The van der Waals surface area contributed by atoms with Crippen LogP contribution in [0.3, 0.4) is 0 Å². The summed E-state index contributed by atoms with van der Waals surface area (Å²) in [5, 5.41) is 2.94. The molecule has 5 nitrogen and oxygen atoms in total. The second-order valence-electron chi connectivity index (χ2n) is 5.57. The number of amides is 1. The Bertz CT molecular complexity index is 632. The van der Waals surface area contributed by atoms with E-state index in [0.717, 1.165) is 18.4 Å². The number of hydrogen-bond donors (Lipinski definition) is 1. The number of aryl methyl sites for hydroxylation is 1. The lowest BCUT2D eigenvalue weighted by atomic mass is 9.85. The molecular formula is C16H19N3O2. The maximum atomic E-state index is 12.3. The maximum Gasteiger partial charge on any atom is 0.274 e. The van der Waals surface area contributed by atoms with Gasteiger partial charge in [-0.3, -0.25) is 9.78 Å². The van der Waals surface area contributed by atoms with Gasteiger partial charge in [0.2, 0.25) is 0 Å². The fourth-order valence-electron chi connectivity index (χ4n) is 2.44. The minimum absolute atomic E-state index is 0.116. The van der Waals surface area contributed by atoms with Crippen LogP contribution >= 0.6 is 0 Å². The van der Waals surface area contributed by atoms with Crippen LogP contribution in [0.25, 0.3) is 0 Å². The fourth-order valence-corrected chi connectivity index (χ4v) is 2.44. The van der Waals surface area contributed by atoms with Crippen LogP contribution in [-0.2, 0) is 0 Å². The highest BCUT2D eigenvalue weighted by molar-refractivity contribution is 5.93. The minimum atomic E-state index is -0.196. The number of rotatable bonds is 4. The molecule has 1 N–H and O–H groups in total. The van der Waals surface area contributed by atoms with Crippen molar-refractivity contribution in [3.8, 4) is 0 Å². The quantitative estimate of drug-likeness (QED) is 0.937. The number of nitrogens with one attached hydrogen (secondary N) is 1. The van der Waals surface area contributed by atoms with Gasteiger partial charge in [0.1, 0.15) is 5.76 Å². The Morgan fingerprint density at radius 2 is 2.29 bits per heavy atom. The summed E-state index contributed by atoms with van der Waals surface area (Å²) in [5.74, 6) is 1.49. The van der Waals surface area contributed by atoms with Gasteiger partial charge >= 0.3 is 0 Å². The molecule has 110 valence electrons. The van der Waals surface area contributed by atoms with Crippen molar-refractivity contribution in [2.75, 3.05) is 0 Å². The molecule has 0 aliphatic heterocycles.